The number of thiophene rings is 1. The Labute approximate surface area is 165 Å². The number of allylic oxidation sites excluding steroid dienone is 2. The normalized spacial score (nSPS) is 16.4. The largest absolute Gasteiger partial charge is 0.326 e. The molecule has 0 aliphatic heterocycles. The number of nitrogens with zero attached hydrogens (tertiary/aromatic N) is 1. The molecule has 1 aliphatic carbocycles. The van der Waals surface area contributed by atoms with Gasteiger partial charge in [0.2, 0.25) is 5.91 Å². The molecule has 2 N–H and O–H groups in total. The lowest BCUT2D eigenvalue weighted by atomic mass is 9.93. The zero-order valence-corrected chi connectivity index (χ0v) is 16.5. The molecule has 5 nitrogen and oxygen atoms in total. The fraction of sp³-hybridized carbons (Fsp3) is 0.250. The molecule has 2 aromatic heterocycles. The summed E-state index contributed by atoms with van der Waals surface area (Å²) in [6.45, 7) is 1.97. The first-order valence-electron chi connectivity index (χ1n) is 8.83. The first kappa shape index (κ1) is 17.9. The summed E-state index contributed by atoms with van der Waals surface area (Å²) in [5, 5.41) is 6.42. The summed E-state index contributed by atoms with van der Waals surface area (Å²) in [4.78, 5) is 30.9. The monoisotopic (exact) mass is 397 g/mol. The van der Waals surface area contributed by atoms with Gasteiger partial charge in [0.05, 0.1) is 15.1 Å². The molecule has 0 radical (unpaired) electrons. The SMILES string of the molecule is Cc1ccc(C(=O)Nc2nc3ccc(NC(=O)C4CC=CCC4)cc3s2)s1. The number of thiazole rings is 1. The molecule has 0 saturated heterocycles. The van der Waals surface area contributed by atoms with E-state index in [4.69, 9.17) is 0 Å². The molecular formula is C20H19N3O2S2. The summed E-state index contributed by atoms with van der Waals surface area (Å²) in [5.41, 5.74) is 1.56. The van der Waals surface area contributed by atoms with Crippen LogP contribution in [0.2, 0.25) is 0 Å². The Morgan fingerprint density at radius 1 is 1.11 bits per heavy atom. The number of rotatable bonds is 4. The van der Waals surface area contributed by atoms with Crippen LogP contribution in [0.5, 0.6) is 0 Å². The van der Waals surface area contributed by atoms with E-state index < -0.39 is 0 Å². The molecule has 2 amide bonds. The highest BCUT2D eigenvalue weighted by atomic mass is 32.1. The number of aromatic nitrogens is 1. The minimum absolute atomic E-state index is 0.0382. The standard InChI is InChI=1S/C20H19N3O2S2/c1-12-7-10-16(26-12)19(25)23-20-22-15-9-8-14(11-17(15)27-20)21-18(24)13-5-3-2-4-6-13/h2-3,7-11,13H,4-6H2,1H3,(H,21,24)(H,22,23,25). The van der Waals surface area contributed by atoms with E-state index in [1.54, 1.807) is 0 Å². The maximum Gasteiger partial charge on any atom is 0.267 e. The minimum atomic E-state index is -0.147. The van der Waals surface area contributed by atoms with Crippen molar-refractivity contribution in [3.8, 4) is 0 Å². The second-order valence-electron chi connectivity index (χ2n) is 6.54. The quantitative estimate of drug-likeness (QED) is 0.594. The third-order valence-corrected chi connectivity index (χ3v) is 6.41. The lowest BCUT2D eigenvalue weighted by Crippen LogP contribution is -2.23. The van der Waals surface area contributed by atoms with E-state index in [-0.39, 0.29) is 17.7 Å². The van der Waals surface area contributed by atoms with Crippen LogP contribution in [0.15, 0.2) is 42.5 Å². The van der Waals surface area contributed by atoms with E-state index in [0.29, 0.717) is 10.0 Å². The number of nitrogens with one attached hydrogen (secondary N) is 2. The highest BCUT2D eigenvalue weighted by Crippen LogP contribution is 2.30. The predicted octanol–water partition coefficient (Wildman–Crippen LogP) is 5.21. The first-order chi connectivity index (χ1) is 13.1. The zero-order chi connectivity index (χ0) is 18.8. The molecule has 1 aliphatic rings. The van der Waals surface area contributed by atoms with Gasteiger partial charge in [-0.15, -0.1) is 11.3 Å². The molecule has 0 bridgehead atoms. The number of amides is 2. The van der Waals surface area contributed by atoms with Gasteiger partial charge in [0, 0.05) is 16.5 Å². The lowest BCUT2D eigenvalue weighted by Gasteiger charge is -2.17. The van der Waals surface area contributed by atoms with Crippen LogP contribution in [0.3, 0.4) is 0 Å². The number of carbonyl (C=O) groups is 2. The van der Waals surface area contributed by atoms with Gasteiger partial charge in [-0.25, -0.2) is 4.98 Å². The second-order valence-corrected chi connectivity index (χ2v) is 8.86. The molecule has 1 atom stereocenters. The average Bonchev–Trinajstić information content (AvgIpc) is 3.27. The summed E-state index contributed by atoms with van der Waals surface area (Å²) in [5.74, 6) is -0.0490. The third kappa shape index (κ3) is 4.09. The van der Waals surface area contributed by atoms with Crippen LogP contribution in [-0.4, -0.2) is 16.8 Å². The smallest absolute Gasteiger partial charge is 0.267 e. The maximum atomic E-state index is 12.4. The average molecular weight is 398 g/mol. The predicted molar refractivity (Wildman–Crippen MR) is 112 cm³/mol. The van der Waals surface area contributed by atoms with Crippen molar-refractivity contribution in [1.29, 1.82) is 0 Å². The molecule has 1 unspecified atom stereocenters. The maximum absolute atomic E-state index is 12.4. The first-order valence-corrected chi connectivity index (χ1v) is 10.5. The molecule has 2 heterocycles. The number of hydrogen-bond acceptors (Lipinski definition) is 5. The van der Waals surface area contributed by atoms with Gasteiger partial charge in [-0.05, 0) is 56.5 Å². The number of benzene rings is 1. The van der Waals surface area contributed by atoms with Gasteiger partial charge in [-0.3, -0.25) is 14.9 Å². The summed E-state index contributed by atoms with van der Waals surface area (Å²) < 4.78 is 0.925. The zero-order valence-electron chi connectivity index (χ0n) is 14.8. The van der Waals surface area contributed by atoms with Gasteiger partial charge in [-0.1, -0.05) is 23.5 Å². The topological polar surface area (TPSA) is 71.1 Å². The molecule has 27 heavy (non-hydrogen) atoms. The van der Waals surface area contributed by atoms with Crippen molar-refractivity contribution in [2.75, 3.05) is 10.6 Å². The van der Waals surface area contributed by atoms with Gasteiger partial charge in [-0.2, -0.15) is 0 Å². The summed E-state index contributed by atoms with van der Waals surface area (Å²) >= 11 is 2.86. The van der Waals surface area contributed by atoms with E-state index in [9.17, 15) is 9.59 Å². The molecular weight excluding hydrogens is 378 g/mol. The Morgan fingerprint density at radius 2 is 2.00 bits per heavy atom. The second kappa shape index (κ2) is 7.62. The van der Waals surface area contributed by atoms with Crippen molar-refractivity contribution in [2.24, 2.45) is 5.92 Å². The van der Waals surface area contributed by atoms with Crippen LogP contribution in [0.25, 0.3) is 10.2 Å². The molecule has 4 rings (SSSR count). The van der Waals surface area contributed by atoms with Crippen LogP contribution in [-0.2, 0) is 4.79 Å². The van der Waals surface area contributed by atoms with Crippen LogP contribution in [0.4, 0.5) is 10.8 Å². The molecule has 7 heteroatoms. The van der Waals surface area contributed by atoms with Gasteiger partial charge in [0.15, 0.2) is 5.13 Å². The van der Waals surface area contributed by atoms with E-state index in [2.05, 4.69) is 27.8 Å². The Balaban J connectivity index is 1.47. The fourth-order valence-electron chi connectivity index (χ4n) is 3.05. The van der Waals surface area contributed by atoms with E-state index in [0.717, 1.165) is 40.0 Å². The molecule has 138 valence electrons. The summed E-state index contributed by atoms with van der Waals surface area (Å²) in [7, 11) is 0. The fourth-order valence-corrected chi connectivity index (χ4v) is 4.71. The molecule has 1 aromatic carbocycles. The van der Waals surface area contributed by atoms with Gasteiger partial charge in [0.1, 0.15) is 0 Å². The highest BCUT2D eigenvalue weighted by molar-refractivity contribution is 7.22. The van der Waals surface area contributed by atoms with Crippen molar-refractivity contribution in [1.82, 2.24) is 4.98 Å². The van der Waals surface area contributed by atoms with E-state index >= 15 is 0 Å². The Bertz CT molecular complexity index is 1030. The summed E-state index contributed by atoms with van der Waals surface area (Å²) in [6.07, 6.45) is 6.85. The highest BCUT2D eigenvalue weighted by Gasteiger charge is 2.19. The van der Waals surface area contributed by atoms with Crippen LogP contribution in [0.1, 0.15) is 33.8 Å². The van der Waals surface area contributed by atoms with Crippen LogP contribution >= 0.6 is 22.7 Å². The molecule has 3 aromatic rings. The van der Waals surface area contributed by atoms with Crippen molar-refractivity contribution in [3.05, 3.63) is 52.2 Å². The minimum Gasteiger partial charge on any atom is -0.326 e. The third-order valence-electron chi connectivity index (χ3n) is 4.48. The van der Waals surface area contributed by atoms with Crippen molar-refractivity contribution < 1.29 is 9.59 Å². The van der Waals surface area contributed by atoms with Gasteiger partial charge < -0.3 is 5.32 Å². The molecule has 0 saturated carbocycles. The molecule has 0 fully saturated rings. The van der Waals surface area contributed by atoms with Crippen LogP contribution in [0, 0.1) is 12.8 Å². The van der Waals surface area contributed by atoms with Gasteiger partial charge >= 0.3 is 0 Å². The lowest BCUT2D eigenvalue weighted by molar-refractivity contribution is -0.120. The number of aryl methyl sites for hydroxylation is 1. The van der Waals surface area contributed by atoms with Crippen LogP contribution < -0.4 is 10.6 Å². The van der Waals surface area contributed by atoms with Crippen molar-refractivity contribution in [2.45, 2.75) is 26.2 Å². The number of carbonyl (C=O) groups excluding carboxylic acids is 2. The molecule has 0 spiro atoms. The Hall–Kier alpha value is -2.51. The van der Waals surface area contributed by atoms with Crippen molar-refractivity contribution in [3.63, 3.8) is 0 Å². The van der Waals surface area contributed by atoms with Crippen molar-refractivity contribution >= 4 is 55.5 Å². The van der Waals surface area contributed by atoms with Gasteiger partial charge in [0.25, 0.3) is 5.91 Å². The number of fused-ring (bicyclic) bond motifs is 1. The number of anilines is 2. The number of hydrogen-bond donors (Lipinski definition) is 2. The Morgan fingerprint density at radius 3 is 2.74 bits per heavy atom. The Kier molecular flexibility index (Phi) is 5.05. The van der Waals surface area contributed by atoms with E-state index in [1.165, 1.54) is 22.7 Å². The van der Waals surface area contributed by atoms with E-state index in [1.807, 2.05) is 37.3 Å². The summed E-state index contributed by atoms with van der Waals surface area (Å²) in [6, 6.07) is 9.38.